The van der Waals surface area contributed by atoms with Gasteiger partial charge < -0.3 is 19.7 Å². The molecule has 5 rings (SSSR count). The molecule has 1 aliphatic rings. The number of pyridine rings is 1. The maximum absolute atomic E-state index is 4.98. The number of hydrogen-bond acceptors (Lipinski definition) is 9. The number of nitrogens with zero attached hydrogens (tertiary/aromatic N) is 10. The molecular weight excluding hydrogens is 454 g/mol. The fourth-order valence-electron chi connectivity index (χ4n) is 4.43. The fraction of sp³-hybridized carbons (Fsp3) is 0.360. The Morgan fingerprint density at radius 3 is 2.75 bits per heavy atom. The summed E-state index contributed by atoms with van der Waals surface area (Å²) in [7, 11) is 3.99. The minimum Gasteiger partial charge on any atom is -0.370 e. The van der Waals surface area contributed by atoms with E-state index in [0.29, 0.717) is 18.0 Å². The number of nitrogens with one attached hydrogen (secondary N) is 1. The molecule has 5 heterocycles. The third-order valence-electron chi connectivity index (χ3n) is 6.45. The highest BCUT2D eigenvalue weighted by atomic mass is 15.3. The minimum atomic E-state index is 0.634. The van der Waals surface area contributed by atoms with Crippen LogP contribution in [0.3, 0.4) is 0 Å². The van der Waals surface area contributed by atoms with E-state index in [1.807, 2.05) is 42.9 Å². The Bertz CT molecular complexity index is 1470. The van der Waals surface area contributed by atoms with Crippen molar-refractivity contribution in [2.24, 2.45) is 4.99 Å². The summed E-state index contributed by atoms with van der Waals surface area (Å²) in [5.74, 6) is 3.15. The van der Waals surface area contributed by atoms with Crippen LogP contribution in [0.15, 0.2) is 47.4 Å². The van der Waals surface area contributed by atoms with Gasteiger partial charge in [0, 0.05) is 58.2 Å². The van der Waals surface area contributed by atoms with Crippen LogP contribution in [0.25, 0.3) is 28.2 Å². The van der Waals surface area contributed by atoms with Gasteiger partial charge in [0.25, 0.3) is 0 Å². The van der Waals surface area contributed by atoms with Crippen molar-refractivity contribution in [3.63, 3.8) is 0 Å². The molecule has 0 spiro atoms. The van der Waals surface area contributed by atoms with Crippen molar-refractivity contribution in [3.05, 3.63) is 48.2 Å². The van der Waals surface area contributed by atoms with Gasteiger partial charge in [0.2, 0.25) is 5.65 Å². The number of piperazine rings is 1. The minimum absolute atomic E-state index is 0.634. The molecule has 4 aromatic heterocycles. The Morgan fingerprint density at radius 2 is 2.00 bits per heavy atom. The van der Waals surface area contributed by atoms with Crippen LogP contribution in [0.5, 0.6) is 0 Å². The number of aromatic nitrogens is 7. The molecule has 36 heavy (non-hydrogen) atoms. The van der Waals surface area contributed by atoms with Crippen LogP contribution in [0.2, 0.25) is 0 Å². The van der Waals surface area contributed by atoms with Crippen LogP contribution in [0.4, 0.5) is 11.6 Å². The Hall–Kier alpha value is -4.12. The number of anilines is 2. The lowest BCUT2D eigenvalue weighted by atomic mass is 10.2. The van der Waals surface area contributed by atoms with Crippen LogP contribution < -0.4 is 10.2 Å². The highest BCUT2D eigenvalue weighted by Crippen LogP contribution is 2.29. The second-order valence-electron chi connectivity index (χ2n) is 9.05. The molecule has 0 unspecified atom stereocenters. The van der Waals surface area contributed by atoms with E-state index in [0.717, 1.165) is 65.9 Å². The first-order valence-corrected chi connectivity index (χ1v) is 12.0. The number of imidazole rings is 1. The zero-order valence-electron chi connectivity index (χ0n) is 21.2. The van der Waals surface area contributed by atoms with Crippen molar-refractivity contribution in [2.75, 3.05) is 50.5 Å². The van der Waals surface area contributed by atoms with Crippen LogP contribution >= 0.6 is 0 Å². The van der Waals surface area contributed by atoms with E-state index in [9.17, 15) is 0 Å². The average Bonchev–Trinajstić information content (AvgIpc) is 3.44. The number of likely N-dealkylation sites (N-methyl/N-ethyl adjacent to an activating group) is 1. The monoisotopic (exact) mass is 485 g/mol. The lowest BCUT2D eigenvalue weighted by molar-refractivity contribution is 0.312. The second-order valence-corrected chi connectivity index (χ2v) is 9.05. The van der Waals surface area contributed by atoms with E-state index in [-0.39, 0.29) is 0 Å². The molecule has 1 aliphatic heterocycles. The molecule has 11 nitrogen and oxygen atoms in total. The molecule has 0 atom stereocenters. The van der Waals surface area contributed by atoms with Gasteiger partial charge in [0.15, 0.2) is 11.6 Å². The largest absolute Gasteiger partial charge is 0.370 e. The number of rotatable bonds is 7. The van der Waals surface area contributed by atoms with Crippen LogP contribution in [0.1, 0.15) is 12.7 Å². The summed E-state index contributed by atoms with van der Waals surface area (Å²) in [6.45, 7) is 12.1. The Kier molecular flexibility index (Phi) is 6.47. The summed E-state index contributed by atoms with van der Waals surface area (Å²) in [5, 5.41) is 11.6. The van der Waals surface area contributed by atoms with Crippen molar-refractivity contribution in [1.82, 2.24) is 39.0 Å². The maximum Gasteiger partial charge on any atom is 0.203 e. The average molecular weight is 486 g/mol. The second kappa shape index (κ2) is 9.86. The van der Waals surface area contributed by atoms with Gasteiger partial charge in [-0.25, -0.2) is 15.0 Å². The van der Waals surface area contributed by atoms with E-state index in [1.54, 1.807) is 6.20 Å². The normalized spacial score (nSPS) is 15.4. The van der Waals surface area contributed by atoms with Gasteiger partial charge in [0.05, 0.1) is 11.7 Å². The molecule has 0 amide bonds. The molecule has 0 aromatic carbocycles. The molecule has 11 heteroatoms. The zero-order chi connectivity index (χ0) is 25.2. The van der Waals surface area contributed by atoms with Gasteiger partial charge in [-0.3, -0.25) is 9.39 Å². The van der Waals surface area contributed by atoms with Crippen LogP contribution in [0, 0.1) is 6.92 Å². The summed E-state index contributed by atoms with van der Waals surface area (Å²) < 4.78 is 4.14. The lowest BCUT2D eigenvalue weighted by Gasteiger charge is -2.33. The molecule has 1 N–H and O–H groups in total. The summed E-state index contributed by atoms with van der Waals surface area (Å²) in [6.07, 6.45) is 9.41. The van der Waals surface area contributed by atoms with Crippen LogP contribution in [-0.2, 0) is 6.54 Å². The summed E-state index contributed by atoms with van der Waals surface area (Å²) in [5.41, 5.74) is 4.39. The molecule has 0 radical (unpaired) electrons. The van der Waals surface area contributed by atoms with E-state index >= 15 is 0 Å². The Balaban J connectivity index is 1.66. The number of aryl methyl sites for hydroxylation is 1. The predicted molar refractivity (Wildman–Crippen MR) is 144 cm³/mol. The van der Waals surface area contributed by atoms with Crippen molar-refractivity contribution < 1.29 is 0 Å². The number of hydrogen-bond donors (Lipinski definition) is 1. The first-order valence-electron chi connectivity index (χ1n) is 12.0. The van der Waals surface area contributed by atoms with E-state index < -0.39 is 0 Å². The predicted octanol–water partition coefficient (Wildman–Crippen LogP) is 2.80. The van der Waals surface area contributed by atoms with Gasteiger partial charge in [0.1, 0.15) is 22.9 Å². The molecule has 186 valence electrons. The Morgan fingerprint density at radius 1 is 1.19 bits per heavy atom. The lowest BCUT2D eigenvalue weighted by Crippen LogP contribution is -2.44. The first kappa shape index (κ1) is 23.6. The van der Waals surface area contributed by atoms with Crippen molar-refractivity contribution >= 4 is 35.0 Å². The smallest absolute Gasteiger partial charge is 0.203 e. The number of allylic oxidation sites excluding steroid dienone is 3. The van der Waals surface area contributed by atoms with Gasteiger partial charge in [-0.1, -0.05) is 11.6 Å². The first-order chi connectivity index (χ1) is 17.5. The molecule has 4 aromatic rings. The fourth-order valence-corrected chi connectivity index (χ4v) is 4.43. The standard InChI is InChI=1S/C25H31N11/c1-17(7-6-8-26-3)15-36-21-13-22(34-11-9-33(5)10-12-34)28-14-19(21)30-24(36)20-16-35-18(2)31-32-25(35)23(27-4)29-20/h6-8,13-14,16H,3,9-12,15H2,1-2,4-5H3,(H,27,29)/b8-6-,17-7+. The highest BCUT2D eigenvalue weighted by Gasteiger charge is 2.21. The van der Waals surface area contributed by atoms with Gasteiger partial charge >= 0.3 is 0 Å². The van der Waals surface area contributed by atoms with Crippen molar-refractivity contribution in [1.29, 1.82) is 0 Å². The quantitative estimate of drug-likeness (QED) is 0.315. The molecule has 1 fully saturated rings. The summed E-state index contributed by atoms with van der Waals surface area (Å²) >= 11 is 0. The van der Waals surface area contributed by atoms with E-state index in [1.165, 1.54) is 0 Å². The third-order valence-corrected chi connectivity index (χ3v) is 6.45. The van der Waals surface area contributed by atoms with Crippen molar-refractivity contribution in [3.8, 4) is 11.5 Å². The van der Waals surface area contributed by atoms with Gasteiger partial charge in [-0.15, -0.1) is 10.2 Å². The van der Waals surface area contributed by atoms with E-state index in [2.05, 4.69) is 61.6 Å². The SMILES string of the molecule is C=N/C=C\C=C(/C)Cn1c(-c2cn3c(C)nnc3c(NC)n2)nc2cnc(N3CCN(C)CC3)cc21. The molecule has 0 saturated carbocycles. The number of fused-ring (bicyclic) bond motifs is 2. The molecule has 1 saturated heterocycles. The highest BCUT2D eigenvalue weighted by molar-refractivity contribution is 5.82. The number of aliphatic imine (C=N–C) groups is 1. The van der Waals surface area contributed by atoms with E-state index in [4.69, 9.17) is 15.0 Å². The molecule has 0 bridgehead atoms. The zero-order valence-corrected chi connectivity index (χ0v) is 21.2. The topological polar surface area (TPSA) is 105 Å². The Labute approximate surface area is 209 Å². The van der Waals surface area contributed by atoms with Gasteiger partial charge in [-0.05, 0) is 33.7 Å². The maximum atomic E-state index is 4.98. The molecular formula is C25H31N11. The third kappa shape index (κ3) is 4.44. The van der Waals surface area contributed by atoms with Crippen molar-refractivity contribution in [2.45, 2.75) is 20.4 Å². The molecule has 0 aliphatic carbocycles. The summed E-state index contributed by atoms with van der Waals surface area (Å²) in [4.78, 5) is 23.1. The van der Waals surface area contributed by atoms with Crippen LogP contribution in [-0.4, -0.2) is 86.0 Å². The van der Waals surface area contributed by atoms with Gasteiger partial charge in [-0.2, -0.15) is 0 Å². The summed E-state index contributed by atoms with van der Waals surface area (Å²) in [6, 6.07) is 2.15.